The van der Waals surface area contributed by atoms with E-state index in [1.54, 1.807) is 5.51 Å². The van der Waals surface area contributed by atoms with Gasteiger partial charge in [0.15, 0.2) is 0 Å². The Bertz CT molecular complexity index is 252. The Morgan fingerprint density at radius 1 is 1.62 bits per heavy atom. The van der Waals surface area contributed by atoms with Gasteiger partial charge in [0.05, 0.1) is 16.5 Å². The molecule has 1 atom stereocenters. The van der Waals surface area contributed by atoms with Crippen molar-refractivity contribution >= 4 is 27.3 Å². The third-order valence-corrected chi connectivity index (χ3v) is 3.76. The van der Waals surface area contributed by atoms with Gasteiger partial charge in [0.25, 0.3) is 0 Å². The van der Waals surface area contributed by atoms with E-state index < -0.39 is 0 Å². The Morgan fingerprint density at radius 2 is 2.38 bits per heavy atom. The molecule has 0 saturated carbocycles. The smallest absolute Gasteiger partial charge is 0.122 e. The predicted molar refractivity (Wildman–Crippen MR) is 58.9 cm³/mol. The molecule has 0 spiro atoms. The fourth-order valence-corrected chi connectivity index (χ4v) is 2.66. The SMILES string of the molecule is CCCCCC(O)c1scnc1Br. The molecule has 0 amide bonds. The highest BCUT2D eigenvalue weighted by atomic mass is 79.9. The van der Waals surface area contributed by atoms with E-state index in [1.165, 1.54) is 24.2 Å². The largest absolute Gasteiger partial charge is 0.387 e. The van der Waals surface area contributed by atoms with Gasteiger partial charge in [-0.15, -0.1) is 11.3 Å². The Morgan fingerprint density at radius 3 is 2.92 bits per heavy atom. The molecule has 0 aliphatic carbocycles. The molecule has 0 fully saturated rings. The summed E-state index contributed by atoms with van der Waals surface area (Å²) in [6.45, 7) is 2.16. The molecule has 2 nitrogen and oxygen atoms in total. The van der Waals surface area contributed by atoms with E-state index in [0.29, 0.717) is 0 Å². The van der Waals surface area contributed by atoms with Crippen molar-refractivity contribution in [2.24, 2.45) is 0 Å². The van der Waals surface area contributed by atoms with Crippen LogP contribution in [0.3, 0.4) is 0 Å². The summed E-state index contributed by atoms with van der Waals surface area (Å²) in [6.07, 6.45) is 3.97. The Labute approximate surface area is 91.1 Å². The third kappa shape index (κ3) is 3.37. The third-order valence-electron chi connectivity index (χ3n) is 1.93. The fraction of sp³-hybridized carbons (Fsp3) is 0.667. The summed E-state index contributed by atoms with van der Waals surface area (Å²) in [6, 6.07) is 0. The number of aromatic nitrogens is 1. The van der Waals surface area contributed by atoms with Gasteiger partial charge in [-0.05, 0) is 22.4 Å². The van der Waals surface area contributed by atoms with E-state index in [-0.39, 0.29) is 6.10 Å². The van der Waals surface area contributed by atoms with Crippen molar-refractivity contribution in [2.45, 2.75) is 38.7 Å². The summed E-state index contributed by atoms with van der Waals surface area (Å²) in [5, 5.41) is 9.76. The lowest BCUT2D eigenvalue weighted by atomic mass is 10.1. The lowest BCUT2D eigenvalue weighted by Crippen LogP contribution is -1.95. The second kappa shape index (κ2) is 5.73. The van der Waals surface area contributed by atoms with Crippen LogP contribution in [0.1, 0.15) is 43.6 Å². The van der Waals surface area contributed by atoms with Gasteiger partial charge in [-0.1, -0.05) is 26.2 Å². The number of rotatable bonds is 5. The second-order valence-electron chi connectivity index (χ2n) is 3.02. The molecule has 1 N–H and O–H groups in total. The number of hydrogen-bond donors (Lipinski definition) is 1. The van der Waals surface area contributed by atoms with Crippen molar-refractivity contribution in [3.8, 4) is 0 Å². The Hall–Kier alpha value is 0.0700. The van der Waals surface area contributed by atoms with Crippen molar-refractivity contribution in [3.63, 3.8) is 0 Å². The maximum atomic E-state index is 9.76. The van der Waals surface area contributed by atoms with Gasteiger partial charge < -0.3 is 5.11 Å². The standard InChI is InChI=1S/C9H14BrNOS/c1-2-3-4-5-7(12)8-9(10)11-6-13-8/h6-7,12H,2-5H2,1H3. The Kier molecular flexibility index (Phi) is 4.91. The van der Waals surface area contributed by atoms with E-state index in [0.717, 1.165) is 22.3 Å². The van der Waals surface area contributed by atoms with Crippen molar-refractivity contribution in [1.29, 1.82) is 0 Å². The minimum absolute atomic E-state index is 0.339. The van der Waals surface area contributed by atoms with Crippen LogP contribution < -0.4 is 0 Å². The van der Waals surface area contributed by atoms with E-state index in [1.807, 2.05) is 0 Å². The minimum Gasteiger partial charge on any atom is -0.387 e. The summed E-state index contributed by atoms with van der Waals surface area (Å²) in [4.78, 5) is 5.00. The lowest BCUT2D eigenvalue weighted by molar-refractivity contribution is 0.166. The molecule has 74 valence electrons. The maximum Gasteiger partial charge on any atom is 0.122 e. The van der Waals surface area contributed by atoms with Crippen LogP contribution in [0.2, 0.25) is 0 Å². The zero-order valence-corrected chi connectivity index (χ0v) is 10.1. The molecule has 1 unspecified atom stereocenters. The number of unbranched alkanes of at least 4 members (excludes halogenated alkanes) is 2. The van der Waals surface area contributed by atoms with Gasteiger partial charge in [0.1, 0.15) is 4.60 Å². The van der Waals surface area contributed by atoms with Crippen LogP contribution in [0.5, 0.6) is 0 Å². The normalized spacial score (nSPS) is 13.2. The number of aliphatic hydroxyl groups excluding tert-OH is 1. The molecule has 1 aromatic rings. The van der Waals surface area contributed by atoms with Gasteiger partial charge in [-0.2, -0.15) is 0 Å². The lowest BCUT2D eigenvalue weighted by Gasteiger charge is -2.07. The number of aliphatic hydroxyl groups is 1. The summed E-state index contributed by atoms with van der Waals surface area (Å²) < 4.78 is 0.793. The predicted octanol–water partition coefficient (Wildman–Crippen LogP) is 3.52. The van der Waals surface area contributed by atoms with Crippen LogP contribution >= 0.6 is 27.3 Å². The molecule has 13 heavy (non-hydrogen) atoms. The Balaban J connectivity index is 2.39. The number of thiazole rings is 1. The van der Waals surface area contributed by atoms with Crippen molar-refractivity contribution in [1.82, 2.24) is 4.98 Å². The first kappa shape index (κ1) is 11.1. The number of hydrogen-bond acceptors (Lipinski definition) is 3. The second-order valence-corrected chi connectivity index (χ2v) is 4.66. The van der Waals surface area contributed by atoms with E-state index >= 15 is 0 Å². The van der Waals surface area contributed by atoms with Crippen LogP contribution in [-0.2, 0) is 0 Å². The molecule has 0 radical (unpaired) electrons. The molecule has 1 heterocycles. The van der Waals surface area contributed by atoms with E-state index in [4.69, 9.17) is 0 Å². The summed E-state index contributed by atoms with van der Waals surface area (Å²) in [7, 11) is 0. The highest BCUT2D eigenvalue weighted by molar-refractivity contribution is 9.10. The van der Waals surface area contributed by atoms with Crippen LogP contribution in [-0.4, -0.2) is 10.1 Å². The van der Waals surface area contributed by atoms with Crippen LogP contribution in [0.15, 0.2) is 10.1 Å². The molecule has 0 saturated heterocycles. The first-order valence-electron chi connectivity index (χ1n) is 4.52. The highest BCUT2D eigenvalue weighted by Gasteiger charge is 2.12. The molecular weight excluding hydrogens is 250 g/mol. The zero-order chi connectivity index (χ0) is 9.68. The molecule has 0 aliphatic heterocycles. The van der Waals surface area contributed by atoms with Crippen LogP contribution in [0, 0.1) is 0 Å². The first-order valence-corrected chi connectivity index (χ1v) is 6.20. The first-order chi connectivity index (χ1) is 6.25. The van der Waals surface area contributed by atoms with Crippen molar-refractivity contribution < 1.29 is 5.11 Å². The van der Waals surface area contributed by atoms with Crippen LogP contribution in [0.4, 0.5) is 0 Å². The highest BCUT2D eigenvalue weighted by Crippen LogP contribution is 2.29. The fourth-order valence-electron chi connectivity index (χ4n) is 1.18. The minimum atomic E-state index is -0.339. The molecule has 0 aliphatic rings. The molecular formula is C9H14BrNOS. The van der Waals surface area contributed by atoms with E-state index in [2.05, 4.69) is 27.8 Å². The number of nitrogens with zero attached hydrogens (tertiary/aromatic N) is 1. The summed E-state index contributed by atoms with van der Waals surface area (Å²) in [5.74, 6) is 0. The maximum absolute atomic E-state index is 9.76. The topological polar surface area (TPSA) is 33.1 Å². The zero-order valence-electron chi connectivity index (χ0n) is 7.66. The van der Waals surface area contributed by atoms with Gasteiger partial charge in [-0.3, -0.25) is 0 Å². The monoisotopic (exact) mass is 263 g/mol. The van der Waals surface area contributed by atoms with E-state index in [9.17, 15) is 5.11 Å². The molecule has 1 aromatic heterocycles. The van der Waals surface area contributed by atoms with Crippen LogP contribution in [0.25, 0.3) is 0 Å². The van der Waals surface area contributed by atoms with Crippen molar-refractivity contribution in [3.05, 3.63) is 15.0 Å². The summed E-state index contributed by atoms with van der Waals surface area (Å²) in [5.41, 5.74) is 1.75. The molecule has 4 heteroatoms. The van der Waals surface area contributed by atoms with Gasteiger partial charge in [0.2, 0.25) is 0 Å². The quantitative estimate of drug-likeness (QED) is 0.825. The van der Waals surface area contributed by atoms with Crippen molar-refractivity contribution in [2.75, 3.05) is 0 Å². The van der Waals surface area contributed by atoms with Gasteiger partial charge in [0, 0.05) is 0 Å². The van der Waals surface area contributed by atoms with Gasteiger partial charge >= 0.3 is 0 Å². The van der Waals surface area contributed by atoms with Gasteiger partial charge in [-0.25, -0.2) is 4.98 Å². The summed E-state index contributed by atoms with van der Waals surface area (Å²) >= 11 is 4.82. The average Bonchev–Trinajstić information content (AvgIpc) is 2.52. The number of halogens is 1. The molecule has 1 rings (SSSR count). The molecule has 0 aromatic carbocycles. The molecule has 0 bridgehead atoms. The average molecular weight is 264 g/mol.